The smallest absolute Gasteiger partial charge is 0.107 e. The van der Waals surface area contributed by atoms with Crippen molar-refractivity contribution < 1.29 is 4.74 Å². The maximum absolute atomic E-state index is 5.17. The Bertz CT molecular complexity index is 122. The van der Waals surface area contributed by atoms with Crippen LogP contribution in [-0.2, 0) is 4.74 Å². The van der Waals surface area contributed by atoms with Crippen molar-refractivity contribution in [3.63, 3.8) is 0 Å². The number of nitrogens with one attached hydrogen (secondary N) is 1. The molecule has 1 rings (SSSR count). The summed E-state index contributed by atoms with van der Waals surface area (Å²) < 4.78 is 5.17. The lowest BCUT2D eigenvalue weighted by molar-refractivity contribution is 0.146. The van der Waals surface area contributed by atoms with Gasteiger partial charge in [0.1, 0.15) is 6.61 Å². The van der Waals surface area contributed by atoms with Crippen molar-refractivity contribution in [2.45, 2.75) is 18.9 Å². The lowest BCUT2D eigenvalue weighted by Gasteiger charge is -2.07. The van der Waals surface area contributed by atoms with Crippen molar-refractivity contribution in [3.05, 3.63) is 0 Å². The fraction of sp³-hybridized carbons (Fsp3) is 0.750. The Balaban J connectivity index is 1.97. The molecule has 1 fully saturated rings. The molecular weight excluding hydrogens is 126 g/mol. The highest BCUT2D eigenvalue weighted by molar-refractivity contribution is 4.83. The molecule has 0 amide bonds. The van der Waals surface area contributed by atoms with Crippen LogP contribution in [0.15, 0.2) is 0 Å². The van der Waals surface area contributed by atoms with E-state index in [2.05, 4.69) is 11.2 Å². The molecule has 1 atom stereocenters. The summed E-state index contributed by atoms with van der Waals surface area (Å²) in [6.07, 6.45) is 7.51. The van der Waals surface area contributed by atoms with Crippen molar-refractivity contribution in [2.75, 3.05) is 19.8 Å². The van der Waals surface area contributed by atoms with Gasteiger partial charge < -0.3 is 10.1 Å². The predicted octanol–water partition coefficient (Wildman–Crippen LogP) is 0.388. The Hall–Kier alpha value is -0.520. The van der Waals surface area contributed by atoms with Gasteiger partial charge in [0.25, 0.3) is 0 Å². The Morgan fingerprint density at radius 2 is 2.60 bits per heavy atom. The summed E-state index contributed by atoms with van der Waals surface area (Å²) in [5, 5.41) is 3.32. The topological polar surface area (TPSA) is 21.3 Å². The minimum absolute atomic E-state index is 0.443. The molecule has 1 aliphatic heterocycles. The zero-order chi connectivity index (χ0) is 7.23. The monoisotopic (exact) mass is 139 g/mol. The van der Waals surface area contributed by atoms with Crippen molar-refractivity contribution in [1.29, 1.82) is 0 Å². The predicted molar refractivity (Wildman–Crippen MR) is 40.7 cm³/mol. The van der Waals surface area contributed by atoms with Gasteiger partial charge in [0, 0.05) is 6.04 Å². The summed E-state index contributed by atoms with van der Waals surface area (Å²) in [4.78, 5) is 0. The van der Waals surface area contributed by atoms with Crippen LogP contribution >= 0.6 is 0 Å². The van der Waals surface area contributed by atoms with E-state index < -0.39 is 0 Å². The lowest BCUT2D eigenvalue weighted by Crippen LogP contribution is -2.26. The summed E-state index contributed by atoms with van der Waals surface area (Å²) in [5.41, 5.74) is 0. The first-order valence-corrected chi connectivity index (χ1v) is 3.68. The van der Waals surface area contributed by atoms with Gasteiger partial charge in [-0.05, 0) is 19.4 Å². The molecule has 1 aliphatic rings. The molecule has 10 heavy (non-hydrogen) atoms. The quantitative estimate of drug-likeness (QED) is 0.451. The van der Waals surface area contributed by atoms with E-state index in [1.807, 2.05) is 0 Å². The van der Waals surface area contributed by atoms with Crippen LogP contribution in [0.5, 0.6) is 0 Å². The average molecular weight is 139 g/mol. The average Bonchev–Trinajstić information content (AvgIpc) is 2.41. The van der Waals surface area contributed by atoms with Crippen LogP contribution < -0.4 is 5.32 Å². The largest absolute Gasteiger partial charge is 0.367 e. The van der Waals surface area contributed by atoms with E-state index in [9.17, 15) is 0 Å². The number of terminal acetylenes is 1. The minimum Gasteiger partial charge on any atom is -0.367 e. The minimum atomic E-state index is 0.443. The van der Waals surface area contributed by atoms with E-state index in [0.29, 0.717) is 12.6 Å². The van der Waals surface area contributed by atoms with E-state index in [0.717, 1.165) is 13.2 Å². The molecule has 56 valence electrons. The van der Waals surface area contributed by atoms with Gasteiger partial charge in [-0.25, -0.2) is 0 Å². The zero-order valence-electron chi connectivity index (χ0n) is 6.10. The molecule has 0 bridgehead atoms. The van der Waals surface area contributed by atoms with Gasteiger partial charge in [0.15, 0.2) is 0 Å². The van der Waals surface area contributed by atoms with E-state index in [-0.39, 0.29) is 0 Å². The number of ether oxygens (including phenoxy) is 1. The van der Waals surface area contributed by atoms with Crippen LogP contribution in [0.1, 0.15) is 12.8 Å². The fourth-order valence-corrected chi connectivity index (χ4v) is 1.16. The highest BCUT2D eigenvalue weighted by atomic mass is 16.5. The molecule has 0 radical (unpaired) electrons. The molecule has 0 aromatic carbocycles. The van der Waals surface area contributed by atoms with Gasteiger partial charge in [0.05, 0.1) is 6.61 Å². The number of hydrogen-bond acceptors (Lipinski definition) is 2. The molecule has 1 N–H and O–H groups in total. The first kappa shape index (κ1) is 7.59. The van der Waals surface area contributed by atoms with E-state index in [4.69, 9.17) is 11.2 Å². The van der Waals surface area contributed by atoms with Gasteiger partial charge in [-0.15, -0.1) is 6.42 Å². The second-order valence-corrected chi connectivity index (χ2v) is 2.51. The molecular formula is C8H13NO. The van der Waals surface area contributed by atoms with Gasteiger partial charge in [-0.2, -0.15) is 0 Å². The van der Waals surface area contributed by atoms with Crippen LogP contribution in [0.4, 0.5) is 0 Å². The number of rotatable bonds is 3. The standard InChI is InChI=1S/C8H13NO/c1-2-6-10-7-8-4-3-5-9-8/h1,8-9H,3-7H2/t8-/m1/s1. The van der Waals surface area contributed by atoms with Gasteiger partial charge in [0.2, 0.25) is 0 Å². The maximum atomic E-state index is 5.17. The van der Waals surface area contributed by atoms with Crippen molar-refractivity contribution in [2.24, 2.45) is 0 Å². The lowest BCUT2D eigenvalue weighted by atomic mass is 10.2. The molecule has 2 heteroatoms. The van der Waals surface area contributed by atoms with E-state index >= 15 is 0 Å². The third-order valence-electron chi connectivity index (χ3n) is 1.67. The van der Waals surface area contributed by atoms with Crippen molar-refractivity contribution in [3.8, 4) is 12.3 Å². The van der Waals surface area contributed by atoms with E-state index in [1.165, 1.54) is 12.8 Å². The Morgan fingerprint density at radius 3 is 3.20 bits per heavy atom. The van der Waals surface area contributed by atoms with Gasteiger partial charge >= 0.3 is 0 Å². The molecule has 2 nitrogen and oxygen atoms in total. The highest BCUT2D eigenvalue weighted by Gasteiger charge is 2.12. The van der Waals surface area contributed by atoms with E-state index in [1.54, 1.807) is 0 Å². The van der Waals surface area contributed by atoms with Gasteiger partial charge in [-0.3, -0.25) is 0 Å². The highest BCUT2D eigenvalue weighted by Crippen LogP contribution is 2.04. The molecule has 0 saturated carbocycles. The molecule has 0 unspecified atom stereocenters. The summed E-state index contributed by atoms with van der Waals surface area (Å²) in [6, 6.07) is 0.549. The van der Waals surface area contributed by atoms with Crippen LogP contribution in [0.3, 0.4) is 0 Å². The second kappa shape index (κ2) is 4.32. The molecule has 1 heterocycles. The third kappa shape index (κ3) is 2.38. The zero-order valence-corrected chi connectivity index (χ0v) is 6.10. The van der Waals surface area contributed by atoms with Crippen LogP contribution in [0.2, 0.25) is 0 Å². The molecule has 0 aromatic heterocycles. The summed E-state index contributed by atoms with van der Waals surface area (Å²) >= 11 is 0. The Labute approximate surface area is 62.0 Å². The fourth-order valence-electron chi connectivity index (χ4n) is 1.16. The summed E-state index contributed by atoms with van der Waals surface area (Å²) in [6.45, 7) is 2.34. The molecule has 1 saturated heterocycles. The van der Waals surface area contributed by atoms with Crippen molar-refractivity contribution >= 4 is 0 Å². The normalized spacial score (nSPS) is 24.5. The molecule has 0 aromatic rings. The third-order valence-corrected chi connectivity index (χ3v) is 1.67. The Morgan fingerprint density at radius 1 is 1.70 bits per heavy atom. The SMILES string of the molecule is C#CCOC[C@H]1CCCN1. The molecule has 0 spiro atoms. The number of hydrogen-bond donors (Lipinski definition) is 1. The van der Waals surface area contributed by atoms with Crippen LogP contribution in [-0.4, -0.2) is 25.8 Å². The summed E-state index contributed by atoms with van der Waals surface area (Å²) in [5.74, 6) is 2.44. The van der Waals surface area contributed by atoms with Gasteiger partial charge in [-0.1, -0.05) is 5.92 Å². The maximum Gasteiger partial charge on any atom is 0.107 e. The molecule has 0 aliphatic carbocycles. The van der Waals surface area contributed by atoms with Crippen LogP contribution in [0, 0.1) is 12.3 Å². The first-order chi connectivity index (χ1) is 4.93. The first-order valence-electron chi connectivity index (χ1n) is 3.68. The van der Waals surface area contributed by atoms with Crippen molar-refractivity contribution in [1.82, 2.24) is 5.32 Å². The summed E-state index contributed by atoms with van der Waals surface area (Å²) in [7, 11) is 0. The second-order valence-electron chi connectivity index (χ2n) is 2.51. The Kier molecular flexibility index (Phi) is 3.28. The van der Waals surface area contributed by atoms with Crippen LogP contribution in [0.25, 0.3) is 0 Å².